The van der Waals surface area contributed by atoms with Crippen molar-refractivity contribution in [2.24, 2.45) is 0 Å². The molecule has 4 rings (SSSR count). The summed E-state index contributed by atoms with van der Waals surface area (Å²) >= 11 is 0. The van der Waals surface area contributed by atoms with Crippen LogP contribution in [0.3, 0.4) is 0 Å². The summed E-state index contributed by atoms with van der Waals surface area (Å²) < 4.78 is 16.1. The number of hydrogen-bond acceptors (Lipinski definition) is 5. The second kappa shape index (κ2) is 10.7. The molecule has 2 aromatic carbocycles. The highest BCUT2D eigenvalue weighted by Crippen LogP contribution is 2.37. The Kier molecular flexibility index (Phi) is 7.08. The number of methoxy groups -OCH3 is 3. The van der Waals surface area contributed by atoms with E-state index in [4.69, 9.17) is 14.2 Å². The lowest BCUT2D eigenvalue weighted by Gasteiger charge is -2.12. The van der Waals surface area contributed by atoms with Crippen LogP contribution in [0.4, 0.5) is 0 Å². The Bertz CT molecular complexity index is 1360. The van der Waals surface area contributed by atoms with Gasteiger partial charge in [0.05, 0.1) is 32.7 Å². The molecule has 4 aromatic rings. The van der Waals surface area contributed by atoms with E-state index in [0.717, 1.165) is 33.6 Å². The van der Waals surface area contributed by atoms with Crippen LogP contribution in [-0.2, 0) is 0 Å². The van der Waals surface area contributed by atoms with Crippen LogP contribution in [0.25, 0.3) is 11.4 Å². The number of benzene rings is 2. The number of pyridine rings is 2. The molecule has 0 N–H and O–H groups in total. The molecule has 34 heavy (non-hydrogen) atoms. The first-order valence-corrected chi connectivity index (χ1v) is 10.5. The van der Waals surface area contributed by atoms with Crippen molar-refractivity contribution in [3.63, 3.8) is 0 Å². The van der Waals surface area contributed by atoms with Crippen molar-refractivity contribution in [2.45, 2.75) is 0 Å². The Morgan fingerprint density at radius 1 is 0.529 bits per heavy atom. The van der Waals surface area contributed by atoms with Gasteiger partial charge in [-0.15, -0.1) is 0 Å². The first-order chi connectivity index (χ1) is 16.7. The van der Waals surface area contributed by atoms with Crippen LogP contribution in [-0.4, -0.2) is 31.3 Å². The molecule has 0 saturated carbocycles. The summed E-state index contributed by atoms with van der Waals surface area (Å²) in [6.45, 7) is 0. The van der Waals surface area contributed by atoms with Gasteiger partial charge < -0.3 is 14.2 Å². The van der Waals surface area contributed by atoms with Crippen LogP contribution in [0.15, 0.2) is 79.1 Å². The summed E-state index contributed by atoms with van der Waals surface area (Å²) in [5.41, 5.74) is 4.88. The summed E-state index contributed by atoms with van der Waals surface area (Å²) in [7, 11) is 4.72. The Morgan fingerprint density at radius 2 is 1.03 bits per heavy atom. The number of hydrogen-bond donors (Lipinski definition) is 0. The fourth-order valence-corrected chi connectivity index (χ4v) is 3.20. The van der Waals surface area contributed by atoms with E-state index in [1.165, 1.54) is 0 Å². The fourth-order valence-electron chi connectivity index (χ4n) is 3.20. The van der Waals surface area contributed by atoms with Crippen LogP contribution in [0.5, 0.6) is 17.2 Å². The molecule has 0 saturated heterocycles. The monoisotopic (exact) mass is 446 g/mol. The Labute approximate surface area is 199 Å². The molecule has 0 aliphatic heterocycles. The van der Waals surface area contributed by atoms with Gasteiger partial charge in [-0.25, -0.2) is 0 Å². The van der Waals surface area contributed by atoms with Gasteiger partial charge in [-0.05, 0) is 48.5 Å². The molecule has 2 heterocycles. The highest BCUT2D eigenvalue weighted by Gasteiger charge is 2.12. The van der Waals surface area contributed by atoms with Gasteiger partial charge >= 0.3 is 0 Å². The van der Waals surface area contributed by atoms with Gasteiger partial charge in [0.2, 0.25) is 5.75 Å². The van der Waals surface area contributed by atoms with Gasteiger partial charge in [0.15, 0.2) is 11.5 Å². The van der Waals surface area contributed by atoms with E-state index in [1.807, 2.05) is 66.7 Å². The minimum atomic E-state index is 0.533. The van der Waals surface area contributed by atoms with Crippen molar-refractivity contribution >= 4 is 0 Å². The first kappa shape index (κ1) is 22.5. The van der Waals surface area contributed by atoms with Crippen LogP contribution in [0.2, 0.25) is 0 Å². The summed E-state index contributed by atoms with van der Waals surface area (Å²) in [6, 6.07) is 21.1. The molecule has 0 aliphatic rings. The molecule has 5 nitrogen and oxygen atoms in total. The molecule has 0 spiro atoms. The average molecular weight is 447 g/mol. The normalized spacial score (nSPS) is 9.74. The van der Waals surface area contributed by atoms with Crippen molar-refractivity contribution < 1.29 is 14.2 Å². The summed E-state index contributed by atoms with van der Waals surface area (Å²) in [5.74, 6) is 14.1. The van der Waals surface area contributed by atoms with Gasteiger partial charge in [0.1, 0.15) is 0 Å². The molecule has 5 heteroatoms. The SMILES string of the molecule is COc1cc(C#Cc2ccc(-c3ccc(C#Cc4ccccc4)cn3)nc2)cc(OC)c1OC. The van der Waals surface area contributed by atoms with Crippen LogP contribution < -0.4 is 14.2 Å². The van der Waals surface area contributed by atoms with Crippen molar-refractivity contribution in [3.8, 4) is 52.3 Å². The van der Waals surface area contributed by atoms with Gasteiger partial charge in [0.25, 0.3) is 0 Å². The smallest absolute Gasteiger partial charge is 0.203 e. The molecular formula is C29H22N2O3. The zero-order valence-electron chi connectivity index (χ0n) is 19.1. The maximum absolute atomic E-state index is 5.38. The van der Waals surface area contributed by atoms with Crippen molar-refractivity contribution in [2.75, 3.05) is 21.3 Å². The molecule has 0 atom stereocenters. The van der Waals surface area contributed by atoms with Crippen molar-refractivity contribution in [1.82, 2.24) is 9.97 Å². The third-order valence-corrected chi connectivity index (χ3v) is 4.93. The topological polar surface area (TPSA) is 53.5 Å². The third-order valence-electron chi connectivity index (χ3n) is 4.93. The maximum atomic E-state index is 5.38. The molecule has 2 aromatic heterocycles. The Balaban J connectivity index is 1.49. The standard InChI is InChI=1S/C29H22N2O3/c1-32-27-17-24(18-28(33-2)29(27)34-3)12-11-23-14-16-26(31-20-23)25-15-13-22(19-30-25)10-9-21-7-5-4-6-8-21/h4-8,13-20H,1-3H3. The van der Waals surface area contributed by atoms with E-state index in [9.17, 15) is 0 Å². The molecule has 0 bridgehead atoms. The lowest BCUT2D eigenvalue weighted by atomic mass is 10.1. The van der Waals surface area contributed by atoms with E-state index in [-0.39, 0.29) is 0 Å². The summed E-state index contributed by atoms with van der Waals surface area (Å²) in [4.78, 5) is 9.01. The molecule has 0 unspecified atom stereocenters. The molecule has 0 radical (unpaired) electrons. The number of rotatable bonds is 4. The van der Waals surface area contributed by atoms with E-state index in [0.29, 0.717) is 17.2 Å². The van der Waals surface area contributed by atoms with E-state index in [2.05, 4.69) is 33.6 Å². The molecule has 166 valence electrons. The highest BCUT2D eigenvalue weighted by molar-refractivity contribution is 5.59. The lowest BCUT2D eigenvalue weighted by Crippen LogP contribution is -1.95. The predicted molar refractivity (Wildman–Crippen MR) is 132 cm³/mol. The van der Waals surface area contributed by atoms with Crippen molar-refractivity contribution in [1.29, 1.82) is 0 Å². The van der Waals surface area contributed by atoms with Crippen LogP contribution in [0, 0.1) is 23.7 Å². The Morgan fingerprint density at radius 3 is 1.47 bits per heavy atom. The summed E-state index contributed by atoms with van der Waals surface area (Å²) in [5, 5.41) is 0. The van der Waals surface area contributed by atoms with E-state index < -0.39 is 0 Å². The van der Waals surface area contributed by atoms with Crippen LogP contribution in [0.1, 0.15) is 22.3 Å². The minimum Gasteiger partial charge on any atom is -0.493 e. The van der Waals surface area contributed by atoms with Gasteiger partial charge in [-0.3, -0.25) is 9.97 Å². The van der Waals surface area contributed by atoms with Gasteiger partial charge in [-0.1, -0.05) is 41.9 Å². The number of nitrogens with zero attached hydrogens (tertiary/aromatic N) is 2. The zero-order valence-corrected chi connectivity index (χ0v) is 19.1. The average Bonchev–Trinajstić information content (AvgIpc) is 2.91. The quantitative estimate of drug-likeness (QED) is 0.415. The van der Waals surface area contributed by atoms with E-state index in [1.54, 1.807) is 33.7 Å². The van der Waals surface area contributed by atoms with Crippen LogP contribution >= 0.6 is 0 Å². The maximum Gasteiger partial charge on any atom is 0.203 e. The Hall–Kier alpha value is -4.74. The summed E-state index contributed by atoms with van der Waals surface area (Å²) in [6.07, 6.45) is 3.48. The highest BCUT2D eigenvalue weighted by atomic mass is 16.5. The zero-order chi connectivity index (χ0) is 23.8. The molecule has 0 fully saturated rings. The minimum absolute atomic E-state index is 0.533. The number of aromatic nitrogens is 2. The first-order valence-electron chi connectivity index (χ1n) is 10.5. The predicted octanol–water partition coefficient (Wildman–Crippen LogP) is 4.97. The lowest BCUT2D eigenvalue weighted by molar-refractivity contribution is 0.324. The van der Waals surface area contributed by atoms with Gasteiger partial charge in [-0.2, -0.15) is 0 Å². The molecule has 0 amide bonds. The second-order valence-electron chi connectivity index (χ2n) is 7.14. The second-order valence-corrected chi connectivity index (χ2v) is 7.14. The molecule has 0 aliphatic carbocycles. The largest absolute Gasteiger partial charge is 0.493 e. The van der Waals surface area contributed by atoms with E-state index >= 15 is 0 Å². The van der Waals surface area contributed by atoms with Crippen molar-refractivity contribution in [3.05, 3.63) is 101 Å². The van der Waals surface area contributed by atoms with Gasteiger partial charge in [0, 0.05) is 34.6 Å². The molecular weight excluding hydrogens is 424 g/mol. The third kappa shape index (κ3) is 5.35. The fraction of sp³-hybridized carbons (Fsp3) is 0.103. The number of ether oxygens (including phenoxy) is 3.